The lowest BCUT2D eigenvalue weighted by molar-refractivity contribution is -0.136. The van der Waals surface area contributed by atoms with Crippen LogP contribution in [0.1, 0.15) is 57.6 Å². The summed E-state index contributed by atoms with van der Waals surface area (Å²) >= 11 is 0. The molecule has 4 rings (SSSR count). The maximum Gasteiger partial charge on any atom is 0.278 e. The number of imide groups is 1. The van der Waals surface area contributed by atoms with Crippen molar-refractivity contribution >= 4 is 23.1 Å². The van der Waals surface area contributed by atoms with Gasteiger partial charge in [-0.15, -0.1) is 0 Å². The molecule has 0 atom stereocenters. The van der Waals surface area contributed by atoms with Crippen LogP contribution in [-0.2, 0) is 16.0 Å². The van der Waals surface area contributed by atoms with E-state index in [1.807, 2.05) is 61.2 Å². The smallest absolute Gasteiger partial charge is 0.278 e. The molecule has 0 unspecified atom stereocenters. The molecular formula is C27H32N2O3. The second-order valence-electron chi connectivity index (χ2n) is 8.77. The molecule has 5 nitrogen and oxygen atoms in total. The molecule has 0 saturated heterocycles. The minimum absolute atomic E-state index is 0.0741. The summed E-state index contributed by atoms with van der Waals surface area (Å²) in [6.45, 7) is 7.29. The van der Waals surface area contributed by atoms with Gasteiger partial charge in [-0.1, -0.05) is 56.5 Å². The number of fused-ring (bicyclic) bond motifs is 1. The number of para-hydroxylation sites is 1. The molecule has 0 spiro atoms. The molecule has 2 aromatic carbocycles. The van der Waals surface area contributed by atoms with E-state index < -0.39 is 0 Å². The van der Waals surface area contributed by atoms with Gasteiger partial charge in [0.15, 0.2) is 0 Å². The summed E-state index contributed by atoms with van der Waals surface area (Å²) < 4.78 is 5.76. The van der Waals surface area contributed by atoms with Gasteiger partial charge in [0.1, 0.15) is 11.4 Å². The van der Waals surface area contributed by atoms with Crippen molar-refractivity contribution in [3.63, 3.8) is 0 Å². The third kappa shape index (κ3) is 4.29. The number of carbonyl (C=O) groups excluding carboxylic acids is 2. The number of hydrogen-bond acceptors (Lipinski definition) is 4. The van der Waals surface area contributed by atoms with Gasteiger partial charge in [0.25, 0.3) is 11.8 Å². The highest BCUT2D eigenvalue weighted by Crippen LogP contribution is 2.38. The second kappa shape index (κ2) is 9.60. The van der Waals surface area contributed by atoms with Gasteiger partial charge in [-0.05, 0) is 56.0 Å². The van der Waals surface area contributed by atoms with E-state index >= 15 is 0 Å². The highest BCUT2D eigenvalue weighted by atomic mass is 16.5. The van der Waals surface area contributed by atoms with Gasteiger partial charge in [-0.3, -0.25) is 14.5 Å². The van der Waals surface area contributed by atoms with Gasteiger partial charge in [-0.25, -0.2) is 0 Å². The van der Waals surface area contributed by atoms with Gasteiger partial charge in [0.2, 0.25) is 0 Å². The Balaban J connectivity index is 1.71. The molecule has 2 aromatic rings. The molecule has 2 heterocycles. The average Bonchev–Trinajstić information content (AvgIpc) is 3.30. The van der Waals surface area contributed by atoms with Crippen LogP contribution < -0.4 is 9.64 Å². The predicted molar refractivity (Wildman–Crippen MR) is 127 cm³/mol. The molecule has 0 aliphatic carbocycles. The second-order valence-corrected chi connectivity index (χ2v) is 8.77. The fraction of sp³-hybridized carbons (Fsp3) is 0.407. The zero-order valence-corrected chi connectivity index (χ0v) is 19.3. The lowest BCUT2D eigenvalue weighted by Crippen LogP contribution is -2.35. The quantitative estimate of drug-likeness (QED) is 0.404. The van der Waals surface area contributed by atoms with E-state index in [4.69, 9.17) is 4.74 Å². The molecule has 2 amide bonds. The monoisotopic (exact) mass is 432 g/mol. The number of hydrogen-bond donors (Lipinski definition) is 0. The number of ether oxygens (including phenoxy) is 1. The zero-order chi connectivity index (χ0) is 22.7. The first-order valence-corrected chi connectivity index (χ1v) is 11.7. The van der Waals surface area contributed by atoms with Crippen molar-refractivity contribution in [2.45, 2.75) is 59.0 Å². The summed E-state index contributed by atoms with van der Waals surface area (Å²) in [5, 5.41) is 0. The van der Waals surface area contributed by atoms with Crippen LogP contribution in [0.25, 0.3) is 5.57 Å². The summed E-state index contributed by atoms with van der Waals surface area (Å²) in [6.07, 6.45) is 5.03. The predicted octanol–water partition coefficient (Wildman–Crippen LogP) is 5.20. The summed E-state index contributed by atoms with van der Waals surface area (Å²) in [5.74, 6) is 0.384. The molecule has 0 fully saturated rings. The first kappa shape index (κ1) is 22.1. The van der Waals surface area contributed by atoms with Gasteiger partial charge < -0.3 is 9.64 Å². The normalized spacial score (nSPS) is 15.9. The van der Waals surface area contributed by atoms with E-state index in [-0.39, 0.29) is 17.9 Å². The highest BCUT2D eigenvalue weighted by molar-refractivity contribution is 6.36. The maximum atomic E-state index is 13.6. The molecule has 32 heavy (non-hydrogen) atoms. The number of unbranched alkanes of at least 4 members (excludes halogenated alkanes) is 3. The zero-order valence-electron chi connectivity index (χ0n) is 19.3. The van der Waals surface area contributed by atoms with Crippen LogP contribution in [0.15, 0.2) is 54.2 Å². The lowest BCUT2D eigenvalue weighted by Gasteiger charge is -2.22. The van der Waals surface area contributed by atoms with Gasteiger partial charge in [0.05, 0.1) is 11.7 Å². The fourth-order valence-electron chi connectivity index (χ4n) is 4.52. The Bertz CT molecular complexity index is 1020. The highest BCUT2D eigenvalue weighted by Gasteiger charge is 2.42. The minimum atomic E-state index is -0.191. The van der Waals surface area contributed by atoms with Crippen LogP contribution in [-0.4, -0.2) is 35.9 Å². The molecule has 2 aliphatic heterocycles. The van der Waals surface area contributed by atoms with E-state index in [2.05, 4.69) is 13.0 Å². The number of anilines is 1. The van der Waals surface area contributed by atoms with Crippen LogP contribution in [0.2, 0.25) is 0 Å². The van der Waals surface area contributed by atoms with Crippen molar-refractivity contribution in [3.8, 4) is 5.75 Å². The third-order valence-corrected chi connectivity index (χ3v) is 6.05. The molecule has 2 aliphatic rings. The molecule has 0 bridgehead atoms. The number of benzene rings is 2. The van der Waals surface area contributed by atoms with E-state index in [0.717, 1.165) is 49.1 Å². The molecule has 0 aromatic heterocycles. The average molecular weight is 433 g/mol. The Morgan fingerprint density at radius 2 is 1.69 bits per heavy atom. The Kier molecular flexibility index (Phi) is 6.63. The summed E-state index contributed by atoms with van der Waals surface area (Å²) in [6, 6.07) is 15.7. The van der Waals surface area contributed by atoms with Crippen molar-refractivity contribution in [1.29, 1.82) is 0 Å². The van der Waals surface area contributed by atoms with Crippen LogP contribution >= 0.6 is 0 Å². The summed E-state index contributed by atoms with van der Waals surface area (Å²) in [7, 11) is 0. The van der Waals surface area contributed by atoms with Crippen LogP contribution in [0.3, 0.4) is 0 Å². The van der Waals surface area contributed by atoms with E-state index in [9.17, 15) is 9.59 Å². The van der Waals surface area contributed by atoms with Crippen molar-refractivity contribution in [3.05, 3.63) is 65.4 Å². The van der Waals surface area contributed by atoms with Gasteiger partial charge >= 0.3 is 0 Å². The van der Waals surface area contributed by atoms with Crippen LogP contribution in [0.4, 0.5) is 5.69 Å². The first-order valence-electron chi connectivity index (χ1n) is 11.7. The number of nitrogens with zero attached hydrogens (tertiary/aromatic N) is 2. The fourth-order valence-corrected chi connectivity index (χ4v) is 4.52. The molecule has 0 radical (unpaired) electrons. The maximum absolute atomic E-state index is 13.6. The first-order chi connectivity index (χ1) is 15.5. The van der Waals surface area contributed by atoms with Crippen molar-refractivity contribution in [2.75, 3.05) is 18.0 Å². The topological polar surface area (TPSA) is 49.9 Å². The van der Waals surface area contributed by atoms with Gasteiger partial charge in [0, 0.05) is 18.8 Å². The number of amides is 2. The molecule has 168 valence electrons. The molecule has 0 saturated carbocycles. The standard InChI is InChI=1S/C27H32N2O3/c1-4-5-6-9-17-29-26(30)24(21-12-14-22(15-13-21)32-19(2)3)25(27(29)31)28-18-16-20-10-7-8-11-23(20)28/h7-8,10-15,19H,4-6,9,16-18H2,1-3H3. The summed E-state index contributed by atoms with van der Waals surface area (Å²) in [4.78, 5) is 30.5. The van der Waals surface area contributed by atoms with E-state index in [1.54, 1.807) is 0 Å². The lowest BCUT2D eigenvalue weighted by atomic mass is 10.0. The molecular weight excluding hydrogens is 400 g/mol. The molecule has 5 heteroatoms. The number of carbonyl (C=O) groups is 2. The Morgan fingerprint density at radius 1 is 0.938 bits per heavy atom. The third-order valence-electron chi connectivity index (χ3n) is 6.05. The Morgan fingerprint density at radius 3 is 2.41 bits per heavy atom. The minimum Gasteiger partial charge on any atom is -0.491 e. The largest absolute Gasteiger partial charge is 0.491 e. The van der Waals surface area contributed by atoms with Gasteiger partial charge in [-0.2, -0.15) is 0 Å². The Hall–Kier alpha value is -3.08. The van der Waals surface area contributed by atoms with E-state index in [1.165, 1.54) is 10.5 Å². The Labute approximate surface area is 190 Å². The van der Waals surface area contributed by atoms with Crippen molar-refractivity contribution in [1.82, 2.24) is 4.90 Å². The van der Waals surface area contributed by atoms with Crippen LogP contribution in [0.5, 0.6) is 5.75 Å². The summed E-state index contributed by atoms with van der Waals surface area (Å²) in [5.41, 5.74) is 4.00. The SMILES string of the molecule is CCCCCCN1C(=O)C(c2ccc(OC(C)C)cc2)=C(N2CCc3ccccc32)C1=O. The van der Waals surface area contributed by atoms with Crippen molar-refractivity contribution < 1.29 is 14.3 Å². The molecule has 0 N–H and O–H groups in total. The number of rotatable bonds is 9. The van der Waals surface area contributed by atoms with Crippen molar-refractivity contribution in [2.24, 2.45) is 0 Å². The van der Waals surface area contributed by atoms with Crippen LogP contribution in [0, 0.1) is 0 Å². The van der Waals surface area contributed by atoms with E-state index in [0.29, 0.717) is 24.4 Å².